The molecule has 7 heteroatoms. The quantitative estimate of drug-likeness (QED) is 0.388. The lowest BCUT2D eigenvalue weighted by Crippen LogP contribution is -2.25. The molecule has 0 aliphatic carbocycles. The number of nitro groups is 1. The van der Waals surface area contributed by atoms with Gasteiger partial charge in [0.2, 0.25) is 0 Å². The highest BCUT2D eigenvalue weighted by molar-refractivity contribution is 5.94. The molecule has 0 unspecified atom stereocenters. The number of nitro benzene ring substituents is 1. The Kier molecular flexibility index (Phi) is 6.47. The summed E-state index contributed by atoms with van der Waals surface area (Å²) < 4.78 is 0. The van der Waals surface area contributed by atoms with Crippen LogP contribution in [0.2, 0.25) is 0 Å². The molecule has 2 aromatic rings. The zero-order valence-electron chi connectivity index (χ0n) is 14.1. The fraction of sp³-hybridized carbons (Fsp3) is 0.278. The number of anilines is 1. The van der Waals surface area contributed by atoms with E-state index in [0.29, 0.717) is 37.3 Å². The molecule has 0 saturated heterocycles. The fourth-order valence-electron chi connectivity index (χ4n) is 2.35. The topological polar surface area (TPSA) is 110 Å². The van der Waals surface area contributed by atoms with Crippen molar-refractivity contribution in [3.05, 3.63) is 69.3 Å². The Bertz CT molecular complexity index is 744. The SMILES string of the molecule is Cc1ccc(NCCCNC(=O)c2ccc(CN)cc2)c([N+](=O)[O-])c1. The summed E-state index contributed by atoms with van der Waals surface area (Å²) in [6.07, 6.45) is 0.650. The lowest BCUT2D eigenvalue weighted by molar-refractivity contribution is -0.384. The molecule has 4 N–H and O–H groups in total. The van der Waals surface area contributed by atoms with Crippen LogP contribution in [0.15, 0.2) is 42.5 Å². The molecule has 0 radical (unpaired) electrons. The molecule has 0 aliphatic rings. The number of amides is 1. The first-order chi connectivity index (χ1) is 12.0. The molecule has 25 heavy (non-hydrogen) atoms. The monoisotopic (exact) mass is 342 g/mol. The van der Waals surface area contributed by atoms with Crippen molar-refractivity contribution in [2.24, 2.45) is 5.73 Å². The number of benzene rings is 2. The van der Waals surface area contributed by atoms with Crippen molar-refractivity contribution in [1.29, 1.82) is 0 Å². The molecule has 0 bridgehead atoms. The van der Waals surface area contributed by atoms with Crippen LogP contribution in [0.4, 0.5) is 11.4 Å². The van der Waals surface area contributed by atoms with Gasteiger partial charge in [0.25, 0.3) is 11.6 Å². The van der Waals surface area contributed by atoms with Gasteiger partial charge in [0, 0.05) is 31.3 Å². The van der Waals surface area contributed by atoms with E-state index >= 15 is 0 Å². The Morgan fingerprint density at radius 3 is 2.52 bits per heavy atom. The summed E-state index contributed by atoms with van der Waals surface area (Å²) in [6.45, 7) is 3.26. The van der Waals surface area contributed by atoms with Crippen LogP contribution in [-0.2, 0) is 6.54 Å². The van der Waals surface area contributed by atoms with E-state index in [-0.39, 0.29) is 11.6 Å². The third-order valence-electron chi connectivity index (χ3n) is 3.76. The summed E-state index contributed by atoms with van der Waals surface area (Å²) in [5, 5.41) is 16.9. The number of carbonyl (C=O) groups excluding carboxylic acids is 1. The van der Waals surface area contributed by atoms with Gasteiger partial charge in [-0.15, -0.1) is 0 Å². The average Bonchev–Trinajstić information content (AvgIpc) is 2.62. The standard InChI is InChI=1S/C18H22N4O3/c1-13-3-8-16(17(11-13)22(24)25)20-9-2-10-21-18(23)15-6-4-14(12-19)5-7-15/h3-8,11,20H,2,9-10,12,19H2,1H3,(H,21,23). The van der Waals surface area contributed by atoms with Crippen molar-refractivity contribution in [3.8, 4) is 0 Å². The van der Waals surface area contributed by atoms with E-state index in [4.69, 9.17) is 5.73 Å². The maximum absolute atomic E-state index is 12.0. The Balaban J connectivity index is 1.78. The van der Waals surface area contributed by atoms with Gasteiger partial charge in [-0.2, -0.15) is 0 Å². The van der Waals surface area contributed by atoms with Crippen LogP contribution >= 0.6 is 0 Å². The molecule has 0 fully saturated rings. The van der Waals surface area contributed by atoms with Crippen LogP contribution in [0.1, 0.15) is 27.9 Å². The molecule has 0 heterocycles. The van der Waals surface area contributed by atoms with Crippen molar-refractivity contribution >= 4 is 17.3 Å². The number of nitrogens with one attached hydrogen (secondary N) is 2. The van der Waals surface area contributed by atoms with E-state index in [9.17, 15) is 14.9 Å². The van der Waals surface area contributed by atoms with Gasteiger partial charge in [-0.05, 0) is 42.7 Å². The summed E-state index contributed by atoms with van der Waals surface area (Å²) in [7, 11) is 0. The van der Waals surface area contributed by atoms with Gasteiger partial charge in [-0.1, -0.05) is 18.2 Å². The molecular weight excluding hydrogens is 320 g/mol. The van der Waals surface area contributed by atoms with E-state index in [1.807, 2.05) is 25.1 Å². The number of nitrogens with two attached hydrogens (primary N) is 1. The second-order valence-corrected chi connectivity index (χ2v) is 5.71. The molecule has 0 aromatic heterocycles. The Morgan fingerprint density at radius 1 is 1.16 bits per heavy atom. The summed E-state index contributed by atoms with van der Waals surface area (Å²) in [5.74, 6) is -0.148. The molecule has 0 aliphatic heterocycles. The van der Waals surface area contributed by atoms with Crippen molar-refractivity contribution in [2.75, 3.05) is 18.4 Å². The Labute approximate surface area is 146 Å². The van der Waals surface area contributed by atoms with Gasteiger partial charge in [0.1, 0.15) is 5.69 Å². The number of rotatable bonds is 8. The molecule has 7 nitrogen and oxygen atoms in total. The Morgan fingerprint density at radius 2 is 1.88 bits per heavy atom. The number of hydrogen-bond acceptors (Lipinski definition) is 5. The zero-order chi connectivity index (χ0) is 18.2. The second-order valence-electron chi connectivity index (χ2n) is 5.71. The lowest BCUT2D eigenvalue weighted by Gasteiger charge is -2.09. The fourth-order valence-corrected chi connectivity index (χ4v) is 2.35. The molecule has 2 aromatic carbocycles. The first kappa shape index (κ1) is 18.4. The first-order valence-corrected chi connectivity index (χ1v) is 8.07. The molecule has 0 atom stereocenters. The minimum absolute atomic E-state index is 0.0593. The largest absolute Gasteiger partial charge is 0.379 e. The highest BCUT2D eigenvalue weighted by atomic mass is 16.6. The third kappa shape index (κ3) is 5.29. The van der Waals surface area contributed by atoms with Crippen LogP contribution in [-0.4, -0.2) is 23.9 Å². The van der Waals surface area contributed by atoms with Crippen LogP contribution in [0, 0.1) is 17.0 Å². The predicted molar refractivity (Wildman–Crippen MR) is 97.6 cm³/mol. The normalized spacial score (nSPS) is 10.3. The summed E-state index contributed by atoms with van der Waals surface area (Å²) >= 11 is 0. The van der Waals surface area contributed by atoms with Gasteiger partial charge in [-0.3, -0.25) is 14.9 Å². The van der Waals surface area contributed by atoms with Gasteiger partial charge in [0.05, 0.1) is 4.92 Å². The van der Waals surface area contributed by atoms with Gasteiger partial charge in [-0.25, -0.2) is 0 Å². The van der Waals surface area contributed by atoms with Gasteiger partial charge in [0.15, 0.2) is 0 Å². The van der Waals surface area contributed by atoms with Crippen molar-refractivity contribution in [3.63, 3.8) is 0 Å². The maximum Gasteiger partial charge on any atom is 0.292 e. The van der Waals surface area contributed by atoms with Crippen molar-refractivity contribution < 1.29 is 9.72 Å². The lowest BCUT2D eigenvalue weighted by atomic mass is 10.1. The smallest absolute Gasteiger partial charge is 0.292 e. The summed E-state index contributed by atoms with van der Waals surface area (Å²) in [4.78, 5) is 22.7. The molecule has 132 valence electrons. The van der Waals surface area contributed by atoms with E-state index < -0.39 is 4.92 Å². The predicted octanol–water partition coefficient (Wildman–Crippen LogP) is 2.59. The maximum atomic E-state index is 12.0. The van der Waals surface area contributed by atoms with Crippen LogP contribution in [0.3, 0.4) is 0 Å². The van der Waals surface area contributed by atoms with Crippen LogP contribution < -0.4 is 16.4 Å². The van der Waals surface area contributed by atoms with Crippen LogP contribution in [0.25, 0.3) is 0 Å². The van der Waals surface area contributed by atoms with Crippen LogP contribution in [0.5, 0.6) is 0 Å². The molecule has 0 saturated carbocycles. The first-order valence-electron chi connectivity index (χ1n) is 8.07. The summed E-state index contributed by atoms with van der Waals surface area (Å²) in [5.41, 5.74) is 8.46. The Hall–Kier alpha value is -2.93. The van der Waals surface area contributed by atoms with E-state index in [1.165, 1.54) is 6.07 Å². The third-order valence-corrected chi connectivity index (χ3v) is 3.76. The highest BCUT2D eigenvalue weighted by Crippen LogP contribution is 2.25. The highest BCUT2D eigenvalue weighted by Gasteiger charge is 2.13. The van der Waals surface area contributed by atoms with E-state index in [2.05, 4.69) is 10.6 Å². The van der Waals surface area contributed by atoms with E-state index in [1.54, 1.807) is 18.2 Å². The zero-order valence-corrected chi connectivity index (χ0v) is 14.1. The van der Waals surface area contributed by atoms with E-state index in [0.717, 1.165) is 11.1 Å². The van der Waals surface area contributed by atoms with Gasteiger partial charge >= 0.3 is 0 Å². The number of aryl methyl sites for hydroxylation is 1. The summed E-state index contributed by atoms with van der Waals surface area (Å²) in [6, 6.07) is 12.2. The van der Waals surface area contributed by atoms with Gasteiger partial charge < -0.3 is 16.4 Å². The second kappa shape index (κ2) is 8.79. The molecule has 1 amide bonds. The van der Waals surface area contributed by atoms with Crippen molar-refractivity contribution in [1.82, 2.24) is 5.32 Å². The van der Waals surface area contributed by atoms with Crippen molar-refractivity contribution in [2.45, 2.75) is 19.9 Å². The minimum Gasteiger partial charge on any atom is -0.379 e. The molecular formula is C18H22N4O3. The average molecular weight is 342 g/mol. The molecule has 2 rings (SSSR count). The number of hydrogen-bond donors (Lipinski definition) is 3. The molecule has 0 spiro atoms. The number of carbonyl (C=O) groups is 1. The number of nitrogens with zero attached hydrogens (tertiary/aromatic N) is 1. The minimum atomic E-state index is -0.401.